The summed E-state index contributed by atoms with van der Waals surface area (Å²) in [4.78, 5) is 37.8. The Labute approximate surface area is 364 Å². The maximum atomic E-state index is 12.7. The molecule has 59 heavy (non-hydrogen) atoms. The lowest BCUT2D eigenvalue weighted by Gasteiger charge is -2.18. The highest BCUT2D eigenvalue weighted by molar-refractivity contribution is 5.71. The zero-order chi connectivity index (χ0) is 43.0. The van der Waals surface area contributed by atoms with Gasteiger partial charge in [0.25, 0.3) is 0 Å². The summed E-state index contributed by atoms with van der Waals surface area (Å²) in [5.41, 5.74) is 0. The Bertz CT molecular complexity index is 1090. The minimum absolute atomic E-state index is 0.0969. The zero-order valence-corrected chi connectivity index (χ0v) is 38.8. The average molecular weight is 825 g/mol. The normalized spacial score (nSPS) is 12.5. The molecule has 6 nitrogen and oxygen atoms in total. The van der Waals surface area contributed by atoms with Crippen LogP contribution in [-0.2, 0) is 28.6 Å². The first-order chi connectivity index (χ1) is 29.0. The lowest BCUT2D eigenvalue weighted by atomic mass is 10.0. The summed E-state index contributed by atoms with van der Waals surface area (Å²) in [6, 6.07) is 0. The second-order valence-electron chi connectivity index (χ2n) is 16.4. The van der Waals surface area contributed by atoms with Crippen LogP contribution in [0.25, 0.3) is 0 Å². The number of carbonyl (C=O) groups excluding carboxylic acids is 3. The lowest BCUT2D eigenvalue weighted by Crippen LogP contribution is -2.30. The van der Waals surface area contributed by atoms with Crippen molar-refractivity contribution in [2.75, 3.05) is 13.2 Å². The van der Waals surface area contributed by atoms with Gasteiger partial charge in [-0.3, -0.25) is 14.4 Å². The van der Waals surface area contributed by atoms with Crippen molar-refractivity contribution in [1.82, 2.24) is 0 Å². The van der Waals surface area contributed by atoms with E-state index in [-0.39, 0.29) is 37.5 Å². The molecular formula is C53H92O6. The van der Waals surface area contributed by atoms with Gasteiger partial charge in [0, 0.05) is 19.3 Å². The molecule has 0 aromatic carbocycles. The van der Waals surface area contributed by atoms with Crippen molar-refractivity contribution in [3.63, 3.8) is 0 Å². The molecule has 0 amide bonds. The molecule has 0 saturated carbocycles. The molecule has 0 aliphatic heterocycles. The zero-order valence-electron chi connectivity index (χ0n) is 38.8. The molecule has 0 unspecified atom stereocenters. The first kappa shape index (κ1) is 56.1. The van der Waals surface area contributed by atoms with Gasteiger partial charge in [0.05, 0.1) is 0 Å². The molecule has 0 spiro atoms. The van der Waals surface area contributed by atoms with Crippen molar-refractivity contribution in [2.24, 2.45) is 0 Å². The SMILES string of the molecule is CCCC/C=C\CCCCCCCC(=O)OC[C@H](COC(=O)CCCCCCCCCCCCCCC)OC(=O)CCC/C=C\C/C=C\C/C=C\C/C=C\CCCCC. The van der Waals surface area contributed by atoms with Crippen LogP contribution >= 0.6 is 0 Å². The van der Waals surface area contributed by atoms with Crippen molar-refractivity contribution in [2.45, 2.75) is 245 Å². The van der Waals surface area contributed by atoms with E-state index in [0.29, 0.717) is 19.3 Å². The highest BCUT2D eigenvalue weighted by atomic mass is 16.6. The second kappa shape index (κ2) is 47.8. The standard InChI is InChI=1S/C53H92O6/c1-4-7-10-13-16-19-22-24-25-26-27-29-32-35-38-41-44-47-53(56)59-50(48-57-51(54)45-42-39-36-33-30-21-18-15-12-9-6-3)49-58-52(55)46-43-40-37-34-31-28-23-20-17-14-11-8-5-2/h15-16,18-19,24-25,27,29,35,38,50H,4-14,17,20-23,26,28,30-34,36-37,39-49H2,1-3H3/b18-15-,19-16-,25-24-,29-27-,38-35-/t50-/m1/s1. The van der Waals surface area contributed by atoms with Crippen LogP contribution in [0.1, 0.15) is 239 Å². The highest BCUT2D eigenvalue weighted by Gasteiger charge is 2.19. The summed E-state index contributed by atoms with van der Waals surface area (Å²) < 4.78 is 16.7. The lowest BCUT2D eigenvalue weighted by molar-refractivity contribution is -0.167. The minimum atomic E-state index is -0.802. The first-order valence-electron chi connectivity index (χ1n) is 24.8. The van der Waals surface area contributed by atoms with Gasteiger partial charge >= 0.3 is 17.9 Å². The monoisotopic (exact) mass is 825 g/mol. The van der Waals surface area contributed by atoms with E-state index in [1.165, 1.54) is 116 Å². The largest absolute Gasteiger partial charge is 0.462 e. The van der Waals surface area contributed by atoms with Crippen LogP contribution in [0.2, 0.25) is 0 Å². The number of hydrogen-bond acceptors (Lipinski definition) is 6. The smallest absolute Gasteiger partial charge is 0.306 e. The van der Waals surface area contributed by atoms with Crippen molar-refractivity contribution < 1.29 is 28.6 Å². The van der Waals surface area contributed by atoms with E-state index < -0.39 is 6.10 Å². The quantitative estimate of drug-likeness (QED) is 0.0263. The Morgan fingerprint density at radius 2 is 0.644 bits per heavy atom. The molecule has 0 rings (SSSR count). The fourth-order valence-corrected chi connectivity index (χ4v) is 6.71. The van der Waals surface area contributed by atoms with E-state index in [1.807, 2.05) is 0 Å². The number of hydrogen-bond donors (Lipinski definition) is 0. The fraction of sp³-hybridized carbons (Fsp3) is 0.755. The van der Waals surface area contributed by atoms with Crippen LogP contribution in [-0.4, -0.2) is 37.2 Å². The summed E-state index contributed by atoms with van der Waals surface area (Å²) in [6.45, 7) is 6.51. The van der Waals surface area contributed by atoms with Crippen LogP contribution in [0.15, 0.2) is 60.8 Å². The fourth-order valence-electron chi connectivity index (χ4n) is 6.71. The van der Waals surface area contributed by atoms with E-state index >= 15 is 0 Å². The molecule has 0 saturated heterocycles. The Kier molecular flexibility index (Phi) is 45.4. The number of unbranched alkanes of at least 4 members (excludes halogenated alkanes) is 23. The van der Waals surface area contributed by atoms with Crippen LogP contribution in [0, 0.1) is 0 Å². The molecule has 0 aromatic heterocycles. The van der Waals surface area contributed by atoms with Crippen LogP contribution in [0.4, 0.5) is 0 Å². The van der Waals surface area contributed by atoms with Gasteiger partial charge < -0.3 is 14.2 Å². The predicted octanol–water partition coefficient (Wildman–Crippen LogP) is 16.1. The van der Waals surface area contributed by atoms with Gasteiger partial charge in [-0.2, -0.15) is 0 Å². The van der Waals surface area contributed by atoms with Crippen molar-refractivity contribution in [3.05, 3.63) is 60.8 Å². The summed E-state index contributed by atoms with van der Waals surface area (Å²) in [5, 5.41) is 0. The molecule has 0 aromatic rings. The van der Waals surface area contributed by atoms with Gasteiger partial charge in [0.2, 0.25) is 0 Å². The number of allylic oxidation sites excluding steroid dienone is 10. The molecule has 1 atom stereocenters. The van der Waals surface area contributed by atoms with E-state index in [1.54, 1.807) is 0 Å². The summed E-state index contributed by atoms with van der Waals surface area (Å²) in [7, 11) is 0. The predicted molar refractivity (Wildman–Crippen MR) is 251 cm³/mol. The summed E-state index contributed by atoms with van der Waals surface area (Å²) >= 11 is 0. The van der Waals surface area contributed by atoms with E-state index in [4.69, 9.17) is 14.2 Å². The summed E-state index contributed by atoms with van der Waals surface area (Å²) in [6.07, 6.45) is 57.8. The second-order valence-corrected chi connectivity index (χ2v) is 16.4. The molecule has 0 N–H and O–H groups in total. The Hall–Kier alpha value is -2.89. The summed E-state index contributed by atoms with van der Waals surface area (Å²) in [5.74, 6) is -0.962. The third-order valence-electron chi connectivity index (χ3n) is 10.5. The van der Waals surface area contributed by atoms with Crippen LogP contribution in [0.3, 0.4) is 0 Å². The van der Waals surface area contributed by atoms with Gasteiger partial charge in [0.1, 0.15) is 13.2 Å². The first-order valence-corrected chi connectivity index (χ1v) is 24.8. The molecule has 0 radical (unpaired) electrons. The Balaban J connectivity index is 4.47. The molecule has 0 aliphatic rings. The van der Waals surface area contributed by atoms with Gasteiger partial charge in [-0.15, -0.1) is 0 Å². The van der Waals surface area contributed by atoms with Crippen LogP contribution < -0.4 is 0 Å². The van der Waals surface area contributed by atoms with Gasteiger partial charge in [-0.05, 0) is 77.0 Å². The number of esters is 3. The minimum Gasteiger partial charge on any atom is -0.462 e. The number of carbonyl (C=O) groups is 3. The Morgan fingerprint density at radius 3 is 1.10 bits per heavy atom. The maximum absolute atomic E-state index is 12.7. The number of rotatable bonds is 44. The third-order valence-corrected chi connectivity index (χ3v) is 10.5. The van der Waals surface area contributed by atoms with Crippen molar-refractivity contribution >= 4 is 17.9 Å². The molecule has 340 valence electrons. The van der Waals surface area contributed by atoms with Gasteiger partial charge in [-0.1, -0.05) is 204 Å². The van der Waals surface area contributed by atoms with E-state index in [0.717, 1.165) is 77.0 Å². The van der Waals surface area contributed by atoms with Crippen LogP contribution in [0.5, 0.6) is 0 Å². The van der Waals surface area contributed by atoms with Crippen molar-refractivity contribution in [3.8, 4) is 0 Å². The van der Waals surface area contributed by atoms with E-state index in [9.17, 15) is 14.4 Å². The molecule has 0 heterocycles. The average Bonchev–Trinajstić information content (AvgIpc) is 3.23. The highest BCUT2D eigenvalue weighted by Crippen LogP contribution is 2.14. The molecular weight excluding hydrogens is 733 g/mol. The van der Waals surface area contributed by atoms with E-state index in [2.05, 4.69) is 81.5 Å². The number of ether oxygens (including phenoxy) is 3. The molecule has 0 bridgehead atoms. The maximum Gasteiger partial charge on any atom is 0.306 e. The van der Waals surface area contributed by atoms with Crippen molar-refractivity contribution in [1.29, 1.82) is 0 Å². The topological polar surface area (TPSA) is 78.9 Å². The van der Waals surface area contributed by atoms with Gasteiger partial charge in [-0.25, -0.2) is 0 Å². The molecule has 0 aliphatic carbocycles. The Morgan fingerprint density at radius 1 is 0.339 bits per heavy atom. The third kappa shape index (κ3) is 46.0. The molecule has 0 fully saturated rings. The van der Waals surface area contributed by atoms with Gasteiger partial charge in [0.15, 0.2) is 6.10 Å². The molecule has 6 heteroatoms.